The van der Waals surface area contributed by atoms with Crippen molar-refractivity contribution in [3.8, 4) is 11.3 Å². The average molecular weight is 572 g/mol. The number of carboxylic acid groups (broad SMARTS) is 1. The number of aromatic nitrogens is 1. The molecular weight excluding hydrogens is 553 g/mol. The summed E-state index contributed by atoms with van der Waals surface area (Å²) in [6.45, 7) is 1.78. The molecule has 4 rings (SSSR count). The van der Waals surface area contributed by atoms with Crippen LogP contribution in [0, 0.1) is 0 Å². The number of aromatic carboxylic acids is 1. The highest BCUT2D eigenvalue weighted by Crippen LogP contribution is 2.31. The van der Waals surface area contributed by atoms with E-state index in [1.54, 1.807) is 55.5 Å². The zero-order valence-corrected chi connectivity index (χ0v) is 22.3. The smallest absolute Gasteiger partial charge is 0.336 e. The summed E-state index contributed by atoms with van der Waals surface area (Å²) >= 11 is 14.7. The number of thiazole rings is 1. The van der Waals surface area contributed by atoms with Crippen LogP contribution in [0.5, 0.6) is 0 Å². The fourth-order valence-electron chi connectivity index (χ4n) is 3.27. The summed E-state index contributed by atoms with van der Waals surface area (Å²) in [5.74, 6) is -1.90. The van der Waals surface area contributed by atoms with Crippen LogP contribution in [0.2, 0.25) is 10.0 Å². The molecule has 0 bridgehead atoms. The molecular formula is C26H19Cl2N3O4S2. The lowest BCUT2D eigenvalue weighted by atomic mass is 10.1. The van der Waals surface area contributed by atoms with Crippen LogP contribution in [0.4, 0.5) is 10.8 Å². The van der Waals surface area contributed by atoms with Crippen molar-refractivity contribution in [3.63, 3.8) is 0 Å². The van der Waals surface area contributed by atoms with E-state index in [0.29, 0.717) is 26.6 Å². The summed E-state index contributed by atoms with van der Waals surface area (Å²) in [5, 5.41) is 17.6. The van der Waals surface area contributed by atoms with Gasteiger partial charge in [0.25, 0.3) is 5.91 Å². The molecule has 0 fully saturated rings. The number of thioether (sulfide) groups is 1. The van der Waals surface area contributed by atoms with Crippen molar-refractivity contribution < 1.29 is 19.5 Å². The molecule has 1 aromatic heterocycles. The SMILES string of the molecule is CC(Sc1ccc(NC(=O)c2ccccc2C(=O)O)cc1)C(=O)Nc1nc(-c2ccc(Cl)c(Cl)c2)cs1. The second-order valence-corrected chi connectivity index (χ2v) is 10.8. The Bertz CT molecular complexity index is 1470. The van der Waals surface area contributed by atoms with Gasteiger partial charge >= 0.3 is 5.97 Å². The van der Waals surface area contributed by atoms with E-state index in [1.807, 2.05) is 11.4 Å². The maximum atomic E-state index is 12.7. The number of halogens is 2. The molecule has 0 aliphatic heterocycles. The number of rotatable bonds is 8. The lowest BCUT2D eigenvalue weighted by molar-refractivity contribution is -0.115. The van der Waals surface area contributed by atoms with Crippen LogP contribution in [0.15, 0.2) is 77.0 Å². The van der Waals surface area contributed by atoms with Gasteiger partial charge in [0.05, 0.1) is 32.1 Å². The number of carbonyl (C=O) groups is 3. The van der Waals surface area contributed by atoms with Gasteiger partial charge in [0.2, 0.25) is 5.91 Å². The van der Waals surface area contributed by atoms with Gasteiger partial charge in [-0.3, -0.25) is 9.59 Å². The van der Waals surface area contributed by atoms with Gasteiger partial charge in [-0.15, -0.1) is 23.1 Å². The minimum atomic E-state index is -1.17. The summed E-state index contributed by atoms with van der Waals surface area (Å²) in [6, 6.07) is 18.2. The van der Waals surface area contributed by atoms with E-state index < -0.39 is 17.1 Å². The monoisotopic (exact) mass is 571 g/mol. The summed E-state index contributed by atoms with van der Waals surface area (Å²) in [7, 11) is 0. The Hall–Kier alpha value is -3.37. The van der Waals surface area contributed by atoms with Gasteiger partial charge in [0.15, 0.2) is 5.13 Å². The number of carboxylic acids is 1. The molecule has 188 valence electrons. The maximum absolute atomic E-state index is 12.7. The normalized spacial score (nSPS) is 11.5. The highest BCUT2D eigenvalue weighted by molar-refractivity contribution is 8.00. The number of carbonyl (C=O) groups excluding carboxylic acids is 2. The molecule has 2 amide bonds. The van der Waals surface area contributed by atoms with Gasteiger partial charge in [-0.05, 0) is 55.5 Å². The van der Waals surface area contributed by atoms with Crippen molar-refractivity contribution in [1.82, 2.24) is 4.98 Å². The second-order valence-electron chi connectivity index (χ2n) is 7.75. The first-order valence-electron chi connectivity index (χ1n) is 10.8. The standard InChI is InChI=1S/C26H19Cl2N3O4S2/c1-14(23(32)31-26-30-22(13-36-26)15-6-11-20(27)21(28)12-15)37-17-9-7-16(8-10-17)29-24(33)18-4-2-3-5-19(18)25(34)35/h2-14H,1H3,(H,29,33)(H,34,35)(H,30,31,32). The number of amides is 2. The quantitative estimate of drug-likeness (QED) is 0.193. The summed E-state index contributed by atoms with van der Waals surface area (Å²) in [4.78, 5) is 41.9. The van der Waals surface area contributed by atoms with E-state index in [1.165, 1.54) is 35.2 Å². The van der Waals surface area contributed by atoms with Crippen molar-refractivity contribution in [3.05, 3.63) is 93.3 Å². The van der Waals surface area contributed by atoms with Crippen molar-refractivity contribution in [2.75, 3.05) is 10.6 Å². The molecule has 11 heteroatoms. The van der Waals surface area contributed by atoms with Gasteiger partial charge in [0, 0.05) is 21.5 Å². The minimum Gasteiger partial charge on any atom is -0.478 e. The number of nitrogens with zero attached hydrogens (tertiary/aromatic N) is 1. The Morgan fingerprint density at radius 3 is 2.32 bits per heavy atom. The predicted molar refractivity (Wildman–Crippen MR) is 149 cm³/mol. The molecule has 3 N–H and O–H groups in total. The van der Waals surface area contributed by atoms with Crippen LogP contribution in [0.3, 0.4) is 0 Å². The Kier molecular flexibility index (Phi) is 8.50. The number of benzene rings is 3. The van der Waals surface area contributed by atoms with Crippen molar-refractivity contribution in [2.24, 2.45) is 0 Å². The first kappa shape index (κ1) is 26.7. The molecule has 1 heterocycles. The molecule has 3 aromatic carbocycles. The molecule has 0 saturated heterocycles. The van der Waals surface area contributed by atoms with E-state index in [2.05, 4.69) is 15.6 Å². The molecule has 1 unspecified atom stereocenters. The highest BCUT2D eigenvalue weighted by Gasteiger charge is 2.18. The van der Waals surface area contributed by atoms with E-state index >= 15 is 0 Å². The Morgan fingerprint density at radius 1 is 0.946 bits per heavy atom. The number of hydrogen-bond acceptors (Lipinski definition) is 6. The Labute approximate surface area is 230 Å². The van der Waals surface area contributed by atoms with Crippen LogP contribution < -0.4 is 10.6 Å². The van der Waals surface area contributed by atoms with Crippen LogP contribution in [0.25, 0.3) is 11.3 Å². The molecule has 4 aromatic rings. The van der Waals surface area contributed by atoms with Gasteiger partial charge in [-0.1, -0.05) is 41.4 Å². The first-order chi connectivity index (χ1) is 17.7. The van der Waals surface area contributed by atoms with Crippen LogP contribution in [-0.4, -0.2) is 33.1 Å². The zero-order valence-electron chi connectivity index (χ0n) is 19.2. The summed E-state index contributed by atoms with van der Waals surface area (Å²) in [6.07, 6.45) is 0. The molecule has 37 heavy (non-hydrogen) atoms. The average Bonchev–Trinajstić information content (AvgIpc) is 3.35. The largest absolute Gasteiger partial charge is 0.478 e. The van der Waals surface area contributed by atoms with Crippen LogP contribution in [0.1, 0.15) is 27.6 Å². The maximum Gasteiger partial charge on any atom is 0.336 e. The predicted octanol–water partition coefficient (Wildman–Crippen LogP) is 7.19. The minimum absolute atomic E-state index is 0.0725. The third-order valence-electron chi connectivity index (χ3n) is 5.15. The lowest BCUT2D eigenvalue weighted by Gasteiger charge is -2.12. The van der Waals surface area contributed by atoms with Crippen LogP contribution >= 0.6 is 46.3 Å². The topological polar surface area (TPSA) is 108 Å². The van der Waals surface area contributed by atoms with Gasteiger partial charge in [0.1, 0.15) is 0 Å². The van der Waals surface area contributed by atoms with Gasteiger partial charge < -0.3 is 15.7 Å². The van der Waals surface area contributed by atoms with Crippen LogP contribution in [-0.2, 0) is 4.79 Å². The van der Waals surface area contributed by atoms with E-state index in [-0.39, 0.29) is 17.0 Å². The van der Waals surface area contributed by atoms with Crippen molar-refractivity contribution >= 4 is 74.9 Å². The molecule has 0 radical (unpaired) electrons. The van der Waals surface area contributed by atoms with Crippen molar-refractivity contribution in [1.29, 1.82) is 0 Å². The number of hydrogen-bond donors (Lipinski definition) is 3. The molecule has 0 aliphatic carbocycles. The van der Waals surface area contributed by atoms with E-state index in [4.69, 9.17) is 23.2 Å². The van der Waals surface area contributed by atoms with Gasteiger partial charge in [-0.25, -0.2) is 9.78 Å². The lowest BCUT2D eigenvalue weighted by Crippen LogP contribution is -2.22. The summed E-state index contributed by atoms with van der Waals surface area (Å²) in [5.41, 5.74) is 1.99. The van der Waals surface area contributed by atoms with Gasteiger partial charge in [-0.2, -0.15) is 0 Å². The Morgan fingerprint density at radius 2 is 1.65 bits per heavy atom. The molecule has 7 nitrogen and oxygen atoms in total. The molecule has 0 saturated carbocycles. The zero-order chi connectivity index (χ0) is 26.5. The fourth-order valence-corrected chi connectivity index (χ4v) is 5.15. The first-order valence-corrected chi connectivity index (χ1v) is 13.3. The highest BCUT2D eigenvalue weighted by atomic mass is 35.5. The molecule has 0 spiro atoms. The number of anilines is 2. The van der Waals surface area contributed by atoms with E-state index in [0.717, 1.165) is 10.5 Å². The molecule has 0 aliphatic rings. The third-order valence-corrected chi connectivity index (χ3v) is 7.75. The second kappa shape index (κ2) is 11.8. The summed E-state index contributed by atoms with van der Waals surface area (Å²) < 4.78 is 0. The number of nitrogens with one attached hydrogen (secondary N) is 2. The fraction of sp³-hybridized carbons (Fsp3) is 0.0769. The third kappa shape index (κ3) is 6.69. The van der Waals surface area contributed by atoms with Crippen molar-refractivity contribution in [2.45, 2.75) is 17.1 Å². The van der Waals surface area contributed by atoms with E-state index in [9.17, 15) is 19.5 Å². The Balaban J connectivity index is 1.34. The molecule has 1 atom stereocenters.